The van der Waals surface area contributed by atoms with Crippen LogP contribution in [0.3, 0.4) is 0 Å². The van der Waals surface area contributed by atoms with Gasteiger partial charge < -0.3 is 15.1 Å². The smallest absolute Gasteiger partial charge is 0.318 e. The summed E-state index contributed by atoms with van der Waals surface area (Å²) in [7, 11) is 0. The average Bonchev–Trinajstić information content (AvgIpc) is 3.20. The van der Waals surface area contributed by atoms with E-state index in [9.17, 15) is 9.59 Å². The van der Waals surface area contributed by atoms with Gasteiger partial charge in [0.1, 0.15) is 0 Å². The molecule has 0 radical (unpaired) electrons. The molecule has 1 N–H and O–H groups in total. The van der Waals surface area contributed by atoms with Crippen molar-refractivity contribution < 1.29 is 9.59 Å². The van der Waals surface area contributed by atoms with E-state index in [1.165, 1.54) is 5.56 Å². The lowest BCUT2D eigenvalue weighted by molar-refractivity contribution is -0.127. The number of aryl methyl sites for hydroxylation is 1. The molecule has 3 heterocycles. The number of rotatable bonds is 6. The molecule has 1 fully saturated rings. The summed E-state index contributed by atoms with van der Waals surface area (Å²) in [4.78, 5) is 33.9. The molecule has 7 heteroatoms. The van der Waals surface area contributed by atoms with Crippen LogP contribution in [0.5, 0.6) is 0 Å². The topological polar surface area (TPSA) is 65.5 Å². The van der Waals surface area contributed by atoms with Crippen molar-refractivity contribution in [3.05, 3.63) is 52.0 Å². The van der Waals surface area contributed by atoms with Gasteiger partial charge in [-0.15, -0.1) is 11.3 Å². The van der Waals surface area contributed by atoms with Crippen LogP contribution >= 0.6 is 11.3 Å². The predicted molar refractivity (Wildman–Crippen MR) is 102 cm³/mol. The van der Waals surface area contributed by atoms with Crippen molar-refractivity contribution >= 4 is 23.3 Å². The van der Waals surface area contributed by atoms with Crippen molar-refractivity contribution in [1.82, 2.24) is 20.1 Å². The van der Waals surface area contributed by atoms with E-state index in [0.29, 0.717) is 32.6 Å². The summed E-state index contributed by atoms with van der Waals surface area (Å²) < 4.78 is 0. The molecular weight excluding hydrogens is 348 g/mol. The Morgan fingerprint density at radius 3 is 2.85 bits per heavy atom. The lowest BCUT2D eigenvalue weighted by Gasteiger charge is -2.25. The molecule has 1 saturated heterocycles. The van der Waals surface area contributed by atoms with Gasteiger partial charge in [0.2, 0.25) is 5.91 Å². The van der Waals surface area contributed by atoms with E-state index in [1.54, 1.807) is 27.3 Å². The van der Waals surface area contributed by atoms with Crippen LogP contribution in [0.4, 0.5) is 4.79 Å². The number of amides is 3. The molecule has 3 rings (SSSR count). The Morgan fingerprint density at radius 2 is 2.23 bits per heavy atom. The lowest BCUT2D eigenvalue weighted by Crippen LogP contribution is -2.45. The monoisotopic (exact) mass is 372 g/mol. The molecule has 0 bridgehead atoms. The Hall–Kier alpha value is -2.41. The summed E-state index contributed by atoms with van der Waals surface area (Å²) in [6, 6.07) is 7.47. The van der Waals surface area contributed by atoms with Crippen molar-refractivity contribution in [1.29, 1.82) is 0 Å². The largest absolute Gasteiger partial charge is 0.341 e. The van der Waals surface area contributed by atoms with E-state index in [1.807, 2.05) is 30.5 Å². The number of likely N-dealkylation sites (N-methyl/N-ethyl adjacent to an activating group) is 1. The maximum absolute atomic E-state index is 12.9. The summed E-state index contributed by atoms with van der Waals surface area (Å²) in [6.07, 6.45) is 2.10. The molecule has 3 amide bonds. The van der Waals surface area contributed by atoms with E-state index in [0.717, 1.165) is 10.6 Å². The molecule has 0 spiro atoms. The summed E-state index contributed by atoms with van der Waals surface area (Å²) in [5, 5.41) is 5.07. The SMILES string of the molecule is CCN1CC(NC(=O)N(Cc2ccccn2)Cc2sccc2C)CC1=O. The second-order valence-electron chi connectivity index (χ2n) is 6.49. The van der Waals surface area contributed by atoms with Gasteiger partial charge in [-0.05, 0) is 43.0 Å². The molecule has 26 heavy (non-hydrogen) atoms. The number of nitrogens with one attached hydrogen (secondary N) is 1. The summed E-state index contributed by atoms with van der Waals surface area (Å²) in [5.41, 5.74) is 2.02. The van der Waals surface area contributed by atoms with Crippen LogP contribution < -0.4 is 5.32 Å². The Bertz CT molecular complexity index is 762. The Labute approximate surface area is 157 Å². The highest BCUT2D eigenvalue weighted by Gasteiger charge is 2.30. The molecule has 1 aliphatic heterocycles. The number of urea groups is 1. The van der Waals surface area contributed by atoms with Gasteiger partial charge in [-0.3, -0.25) is 9.78 Å². The second-order valence-corrected chi connectivity index (χ2v) is 7.49. The van der Waals surface area contributed by atoms with E-state index in [2.05, 4.69) is 23.3 Å². The van der Waals surface area contributed by atoms with Gasteiger partial charge in [0.25, 0.3) is 0 Å². The van der Waals surface area contributed by atoms with E-state index < -0.39 is 0 Å². The number of carbonyl (C=O) groups excluding carboxylic acids is 2. The number of likely N-dealkylation sites (tertiary alicyclic amines) is 1. The third-order valence-corrected chi connectivity index (χ3v) is 5.60. The van der Waals surface area contributed by atoms with Crippen LogP contribution in [-0.2, 0) is 17.9 Å². The standard InChI is InChI=1S/C19H24N4O2S/c1-3-22-12-16(10-18(22)24)21-19(25)23(11-15-6-4-5-8-20-15)13-17-14(2)7-9-26-17/h4-9,16H,3,10-13H2,1-2H3,(H,21,25). The average molecular weight is 372 g/mol. The number of thiophene rings is 1. The first-order chi connectivity index (χ1) is 12.6. The molecule has 0 aromatic carbocycles. The van der Waals surface area contributed by atoms with Crippen LogP contribution in [0, 0.1) is 6.92 Å². The third-order valence-electron chi connectivity index (χ3n) is 4.59. The van der Waals surface area contributed by atoms with Crippen molar-refractivity contribution in [2.24, 2.45) is 0 Å². The number of nitrogens with zero attached hydrogens (tertiary/aromatic N) is 3. The first-order valence-electron chi connectivity index (χ1n) is 8.83. The fourth-order valence-electron chi connectivity index (χ4n) is 3.07. The highest BCUT2D eigenvalue weighted by molar-refractivity contribution is 7.10. The zero-order chi connectivity index (χ0) is 18.5. The van der Waals surface area contributed by atoms with Gasteiger partial charge in [-0.25, -0.2) is 4.79 Å². The minimum Gasteiger partial charge on any atom is -0.341 e. The summed E-state index contributed by atoms with van der Waals surface area (Å²) in [5.74, 6) is 0.100. The van der Waals surface area contributed by atoms with Gasteiger partial charge in [0.05, 0.1) is 24.8 Å². The van der Waals surface area contributed by atoms with E-state index in [4.69, 9.17) is 0 Å². The summed E-state index contributed by atoms with van der Waals surface area (Å²) >= 11 is 1.65. The van der Waals surface area contributed by atoms with Crippen LogP contribution in [0.2, 0.25) is 0 Å². The molecule has 2 aromatic rings. The molecule has 2 aromatic heterocycles. The molecule has 0 saturated carbocycles. The van der Waals surface area contributed by atoms with Crippen molar-refractivity contribution in [2.75, 3.05) is 13.1 Å². The second kappa shape index (κ2) is 8.31. The minimum atomic E-state index is -0.154. The van der Waals surface area contributed by atoms with Crippen LogP contribution in [0.15, 0.2) is 35.8 Å². The van der Waals surface area contributed by atoms with Crippen molar-refractivity contribution in [2.45, 2.75) is 39.4 Å². The quantitative estimate of drug-likeness (QED) is 0.848. The van der Waals surface area contributed by atoms with Gasteiger partial charge in [0, 0.05) is 30.6 Å². The van der Waals surface area contributed by atoms with Crippen molar-refractivity contribution in [3.63, 3.8) is 0 Å². The normalized spacial score (nSPS) is 16.8. The molecule has 1 aliphatic rings. The zero-order valence-electron chi connectivity index (χ0n) is 15.1. The van der Waals surface area contributed by atoms with Gasteiger partial charge in [-0.1, -0.05) is 6.07 Å². The maximum Gasteiger partial charge on any atom is 0.318 e. The molecule has 1 unspecified atom stereocenters. The fourth-order valence-corrected chi connectivity index (χ4v) is 3.99. The zero-order valence-corrected chi connectivity index (χ0v) is 16.0. The Balaban J connectivity index is 1.70. The van der Waals surface area contributed by atoms with Gasteiger partial charge in [-0.2, -0.15) is 0 Å². The number of pyridine rings is 1. The molecule has 0 aliphatic carbocycles. The number of hydrogen-bond donors (Lipinski definition) is 1. The fraction of sp³-hybridized carbons (Fsp3) is 0.421. The summed E-state index contributed by atoms with van der Waals surface area (Å²) in [6.45, 7) is 6.23. The first kappa shape index (κ1) is 18.4. The Morgan fingerprint density at radius 1 is 1.38 bits per heavy atom. The molecule has 1 atom stereocenters. The Kier molecular flexibility index (Phi) is 5.88. The van der Waals surface area contributed by atoms with Gasteiger partial charge in [0.15, 0.2) is 0 Å². The van der Waals surface area contributed by atoms with Gasteiger partial charge >= 0.3 is 6.03 Å². The van der Waals surface area contributed by atoms with Crippen molar-refractivity contribution in [3.8, 4) is 0 Å². The maximum atomic E-state index is 12.9. The van der Waals surface area contributed by atoms with E-state index in [-0.39, 0.29) is 18.0 Å². The predicted octanol–water partition coefficient (Wildman–Crippen LogP) is 2.78. The van der Waals surface area contributed by atoms with Crippen LogP contribution in [0.1, 0.15) is 29.5 Å². The number of aromatic nitrogens is 1. The van der Waals surface area contributed by atoms with Crippen LogP contribution in [0.25, 0.3) is 0 Å². The first-order valence-corrected chi connectivity index (χ1v) is 9.71. The van der Waals surface area contributed by atoms with E-state index >= 15 is 0 Å². The highest BCUT2D eigenvalue weighted by atomic mass is 32.1. The molecule has 6 nitrogen and oxygen atoms in total. The van der Waals surface area contributed by atoms with Crippen LogP contribution in [-0.4, -0.2) is 45.9 Å². The molecular formula is C19H24N4O2S. The number of carbonyl (C=O) groups is 2. The third kappa shape index (κ3) is 4.40. The minimum absolute atomic E-state index is 0.100. The highest BCUT2D eigenvalue weighted by Crippen LogP contribution is 2.19. The molecule has 138 valence electrons. The lowest BCUT2D eigenvalue weighted by atomic mass is 10.2. The number of hydrogen-bond acceptors (Lipinski definition) is 4.